The summed E-state index contributed by atoms with van der Waals surface area (Å²) >= 11 is 0. The molecule has 2 N–H and O–H groups in total. The molecule has 0 amide bonds. The van der Waals surface area contributed by atoms with Crippen LogP contribution in [0, 0.1) is 0 Å². The quantitative estimate of drug-likeness (QED) is 0.841. The van der Waals surface area contributed by atoms with Gasteiger partial charge in [-0.15, -0.1) is 0 Å². The van der Waals surface area contributed by atoms with Gasteiger partial charge < -0.3 is 19.6 Å². The number of carboxylic acid groups (broad SMARTS) is 1. The zero-order valence-electron chi connectivity index (χ0n) is 9.71. The Labute approximate surface area is 103 Å². The third-order valence-corrected chi connectivity index (χ3v) is 2.33. The Balaban J connectivity index is 1.95. The monoisotopic (exact) mass is 248 g/mol. The molecule has 0 bridgehead atoms. The van der Waals surface area contributed by atoms with Crippen LogP contribution in [0.2, 0.25) is 0 Å². The van der Waals surface area contributed by atoms with Crippen LogP contribution in [0.4, 0.5) is 6.01 Å². The fraction of sp³-hybridized carbons (Fsp3) is 0.167. The van der Waals surface area contributed by atoms with Crippen molar-refractivity contribution in [1.29, 1.82) is 0 Å². The highest BCUT2D eigenvalue weighted by Gasteiger charge is 2.09. The number of benzene rings is 1. The number of oxazole rings is 1. The number of aromatic nitrogens is 1. The number of anilines is 1. The molecule has 0 spiro atoms. The summed E-state index contributed by atoms with van der Waals surface area (Å²) < 4.78 is 10.0. The predicted octanol–water partition coefficient (Wildman–Crippen LogP) is 1.99. The second-order valence-corrected chi connectivity index (χ2v) is 3.54. The molecule has 1 heterocycles. The lowest BCUT2D eigenvalue weighted by molar-refractivity contribution is 0.0690. The number of ether oxygens (including phenoxy) is 1. The third kappa shape index (κ3) is 2.79. The molecule has 0 saturated carbocycles. The second kappa shape index (κ2) is 5.22. The molecule has 94 valence electrons. The van der Waals surface area contributed by atoms with Crippen LogP contribution in [0.25, 0.3) is 0 Å². The van der Waals surface area contributed by atoms with Crippen molar-refractivity contribution in [1.82, 2.24) is 4.98 Å². The molecule has 6 nitrogen and oxygen atoms in total. The van der Waals surface area contributed by atoms with E-state index < -0.39 is 5.97 Å². The van der Waals surface area contributed by atoms with E-state index in [0.29, 0.717) is 6.54 Å². The fourth-order valence-electron chi connectivity index (χ4n) is 1.37. The van der Waals surface area contributed by atoms with Crippen LogP contribution < -0.4 is 10.1 Å². The first kappa shape index (κ1) is 12.0. The highest BCUT2D eigenvalue weighted by Crippen LogP contribution is 2.13. The molecular formula is C12H12N2O4. The molecule has 1 aromatic carbocycles. The van der Waals surface area contributed by atoms with E-state index >= 15 is 0 Å². The van der Waals surface area contributed by atoms with Crippen LogP contribution in [0.5, 0.6) is 5.75 Å². The summed E-state index contributed by atoms with van der Waals surface area (Å²) in [6, 6.07) is 7.66. The molecule has 2 aromatic rings. The lowest BCUT2D eigenvalue weighted by atomic mass is 10.2. The van der Waals surface area contributed by atoms with E-state index in [0.717, 1.165) is 17.6 Å². The maximum Gasteiger partial charge on any atom is 0.357 e. The first-order valence-electron chi connectivity index (χ1n) is 5.24. The Bertz CT molecular complexity index is 533. The highest BCUT2D eigenvalue weighted by atomic mass is 16.5. The number of methoxy groups -OCH3 is 1. The van der Waals surface area contributed by atoms with E-state index in [1.807, 2.05) is 24.3 Å². The van der Waals surface area contributed by atoms with Crippen molar-refractivity contribution in [3.63, 3.8) is 0 Å². The summed E-state index contributed by atoms with van der Waals surface area (Å²) in [5, 5.41) is 11.6. The van der Waals surface area contributed by atoms with Crippen molar-refractivity contribution in [2.45, 2.75) is 6.54 Å². The molecule has 0 unspecified atom stereocenters. The van der Waals surface area contributed by atoms with Crippen LogP contribution in [-0.4, -0.2) is 23.2 Å². The maximum absolute atomic E-state index is 10.6. The van der Waals surface area contributed by atoms with Crippen LogP contribution in [-0.2, 0) is 6.54 Å². The van der Waals surface area contributed by atoms with Gasteiger partial charge in [-0.25, -0.2) is 4.79 Å². The Hall–Kier alpha value is -2.50. The third-order valence-electron chi connectivity index (χ3n) is 2.33. The van der Waals surface area contributed by atoms with Gasteiger partial charge in [0, 0.05) is 6.54 Å². The van der Waals surface area contributed by atoms with E-state index in [4.69, 9.17) is 14.3 Å². The topological polar surface area (TPSA) is 84.6 Å². The predicted molar refractivity (Wildman–Crippen MR) is 63.8 cm³/mol. The normalized spacial score (nSPS) is 10.1. The number of aromatic carboxylic acids is 1. The second-order valence-electron chi connectivity index (χ2n) is 3.54. The van der Waals surface area contributed by atoms with Crippen molar-refractivity contribution in [2.75, 3.05) is 12.4 Å². The SMILES string of the molecule is COc1ccc(CNc2nc(C(=O)O)co2)cc1. The summed E-state index contributed by atoms with van der Waals surface area (Å²) in [5.41, 5.74) is 0.887. The molecule has 0 radical (unpaired) electrons. The first-order valence-corrected chi connectivity index (χ1v) is 5.24. The average molecular weight is 248 g/mol. The molecular weight excluding hydrogens is 236 g/mol. The van der Waals surface area contributed by atoms with E-state index in [9.17, 15) is 4.79 Å². The minimum atomic E-state index is -1.11. The smallest absolute Gasteiger partial charge is 0.357 e. The van der Waals surface area contributed by atoms with Gasteiger partial charge in [-0.2, -0.15) is 4.98 Å². The molecule has 18 heavy (non-hydrogen) atoms. The van der Waals surface area contributed by atoms with Crippen molar-refractivity contribution in [3.8, 4) is 5.75 Å². The van der Waals surface area contributed by atoms with Crippen molar-refractivity contribution in [3.05, 3.63) is 41.8 Å². The number of nitrogens with one attached hydrogen (secondary N) is 1. The van der Waals surface area contributed by atoms with Gasteiger partial charge in [-0.3, -0.25) is 0 Å². The molecule has 0 atom stereocenters. The van der Waals surface area contributed by atoms with Gasteiger partial charge in [-0.05, 0) is 17.7 Å². The Kier molecular flexibility index (Phi) is 3.47. The van der Waals surface area contributed by atoms with Crippen molar-refractivity contribution >= 4 is 12.0 Å². The van der Waals surface area contributed by atoms with Gasteiger partial charge in [0.05, 0.1) is 7.11 Å². The summed E-state index contributed by atoms with van der Waals surface area (Å²) in [6.45, 7) is 0.490. The number of rotatable bonds is 5. The largest absolute Gasteiger partial charge is 0.497 e. The van der Waals surface area contributed by atoms with Gasteiger partial charge in [-0.1, -0.05) is 12.1 Å². The van der Waals surface area contributed by atoms with Crippen LogP contribution in [0.15, 0.2) is 34.9 Å². The van der Waals surface area contributed by atoms with E-state index in [-0.39, 0.29) is 11.7 Å². The van der Waals surface area contributed by atoms with Crippen LogP contribution in [0.1, 0.15) is 16.1 Å². The molecule has 1 aromatic heterocycles. The van der Waals surface area contributed by atoms with E-state index in [2.05, 4.69) is 10.3 Å². The lowest BCUT2D eigenvalue weighted by Gasteiger charge is -2.03. The van der Waals surface area contributed by atoms with Crippen LogP contribution in [0.3, 0.4) is 0 Å². The zero-order chi connectivity index (χ0) is 13.0. The average Bonchev–Trinajstić information content (AvgIpc) is 2.86. The molecule has 0 aliphatic heterocycles. The van der Waals surface area contributed by atoms with Gasteiger partial charge >= 0.3 is 5.97 Å². The Morgan fingerprint density at radius 3 is 2.72 bits per heavy atom. The number of carboxylic acids is 1. The number of nitrogens with zero attached hydrogens (tertiary/aromatic N) is 1. The zero-order valence-corrected chi connectivity index (χ0v) is 9.71. The molecule has 6 heteroatoms. The van der Waals surface area contributed by atoms with Crippen LogP contribution >= 0.6 is 0 Å². The number of carbonyl (C=O) groups is 1. The van der Waals surface area contributed by atoms with E-state index in [1.54, 1.807) is 7.11 Å². The number of hydrogen-bond donors (Lipinski definition) is 2. The fourth-order valence-corrected chi connectivity index (χ4v) is 1.37. The van der Waals surface area contributed by atoms with Gasteiger partial charge in [0.2, 0.25) is 0 Å². The highest BCUT2D eigenvalue weighted by molar-refractivity contribution is 5.85. The minimum absolute atomic E-state index is 0.118. The molecule has 0 aliphatic rings. The van der Waals surface area contributed by atoms with E-state index in [1.165, 1.54) is 0 Å². The first-order chi connectivity index (χ1) is 8.69. The van der Waals surface area contributed by atoms with Gasteiger partial charge in [0.15, 0.2) is 5.69 Å². The minimum Gasteiger partial charge on any atom is -0.497 e. The van der Waals surface area contributed by atoms with Crippen molar-refractivity contribution < 1.29 is 19.1 Å². The Morgan fingerprint density at radius 2 is 2.17 bits per heavy atom. The lowest BCUT2D eigenvalue weighted by Crippen LogP contribution is -2.01. The van der Waals surface area contributed by atoms with Gasteiger partial charge in [0.25, 0.3) is 6.01 Å². The Morgan fingerprint density at radius 1 is 1.44 bits per heavy atom. The van der Waals surface area contributed by atoms with Crippen molar-refractivity contribution in [2.24, 2.45) is 0 Å². The summed E-state index contributed by atoms with van der Waals surface area (Å²) in [4.78, 5) is 14.4. The molecule has 0 fully saturated rings. The van der Waals surface area contributed by atoms with Gasteiger partial charge in [0.1, 0.15) is 12.0 Å². The molecule has 0 saturated heterocycles. The molecule has 2 rings (SSSR count). The summed E-state index contributed by atoms with van der Waals surface area (Å²) in [6.07, 6.45) is 1.10. The standard InChI is InChI=1S/C12H12N2O4/c1-17-9-4-2-8(3-5-9)6-13-12-14-10(7-18-12)11(15)16/h2-5,7H,6H2,1H3,(H,13,14)(H,15,16). The maximum atomic E-state index is 10.6. The summed E-state index contributed by atoms with van der Waals surface area (Å²) in [7, 11) is 1.60. The number of hydrogen-bond acceptors (Lipinski definition) is 5. The summed E-state index contributed by atoms with van der Waals surface area (Å²) in [5.74, 6) is -0.334. The molecule has 0 aliphatic carbocycles.